The van der Waals surface area contributed by atoms with Crippen molar-refractivity contribution >= 4 is 23.9 Å². The maximum absolute atomic E-state index is 13.1. The summed E-state index contributed by atoms with van der Waals surface area (Å²) in [4.78, 5) is 52.5. The highest BCUT2D eigenvalue weighted by Gasteiger charge is 2.26. The third kappa shape index (κ3) is 12.4. The van der Waals surface area contributed by atoms with Gasteiger partial charge >= 0.3 is 12.1 Å². The first-order chi connectivity index (χ1) is 20.3. The summed E-state index contributed by atoms with van der Waals surface area (Å²) in [6.45, 7) is 9.12. The number of esters is 1. The molecule has 0 fully saturated rings. The lowest BCUT2D eigenvalue weighted by Gasteiger charge is -2.25. The second-order valence-electron chi connectivity index (χ2n) is 9.77. The van der Waals surface area contributed by atoms with Crippen molar-refractivity contribution < 1.29 is 33.8 Å². The Morgan fingerprint density at radius 2 is 1.52 bits per heavy atom. The quantitative estimate of drug-likeness (QED) is 0.182. The highest BCUT2D eigenvalue weighted by molar-refractivity contribution is 5.86. The van der Waals surface area contributed by atoms with E-state index in [2.05, 4.69) is 23.8 Å². The number of nitrogens with one attached hydrogen (secondary N) is 2. The van der Waals surface area contributed by atoms with Gasteiger partial charge in [-0.25, -0.2) is 9.59 Å². The van der Waals surface area contributed by atoms with Crippen LogP contribution >= 0.6 is 0 Å². The molecule has 42 heavy (non-hydrogen) atoms. The van der Waals surface area contributed by atoms with Crippen LogP contribution in [0.25, 0.3) is 0 Å². The number of ether oxygens (including phenoxy) is 2. The predicted octanol–water partition coefficient (Wildman–Crippen LogP) is 3.51. The van der Waals surface area contributed by atoms with Gasteiger partial charge in [0, 0.05) is 19.5 Å². The van der Waals surface area contributed by atoms with Crippen LogP contribution in [0.3, 0.4) is 0 Å². The minimum Gasteiger partial charge on any atom is -0.462 e. The van der Waals surface area contributed by atoms with E-state index in [0.29, 0.717) is 6.54 Å². The minimum absolute atomic E-state index is 0.0456. The molecule has 0 aliphatic carbocycles. The lowest BCUT2D eigenvalue weighted by molar-refractivity contribution is -0.147. The molecule has 0 bridgehead atoms. The van der Waals surface area contributed by atoms with Gasteiger partial charge in [-0.1, -0.05) is 72.8 Å². The molecule has 3 N–H and O–H groups in total. The maximum Gasteiger partial charge on any atom is 0.408 e. The molecule has 0 saturated carbocycles. The number of allylic oxidation sites excluding steroid dienone is 1. The molecule has 10 heteroatoms. The Hall–Kier alpha value is -4.44. The number of carbonyl (C=O) groups excluding carboxylic acids is 4. The summed E-state index contributed by atoms with van der Waals surface area (Å²) in [7, 11) is 0. The van der Waals surface area contributed by atoms with E-state index in [9.17, 15) is 24.3 Å². The van der Waals surface area contributed by atoms with Gasteiger partial charge in [-0.2, -0.15) is 0 Å². The van der Waals surface area contributed by atoms with E-state index in [1.807, 2.05) is 60.7 Å². The summed E-state index contributed by atoms with van der Waals surface area (Å²) in [6, 6.07) is 16.9. The second-order valence-corrected chi connectivity index (χ2v) is 9.77. The molecular formula is C32H41N3O7. The zero-order valence-corrected chi connectivity index (χ0v) is 24.1. The number of benzene rings is 2. The van der Waals surface area contributed by atoms with Crippen LogP contribution in [0.15, 0.2) is 86.0 Å². The van der Waals surface area contributed by atoms with Crippen LogP contribution in [0.4, 0.5) is 4.79 Å². The molecule has 3 atom stereocenters. The molecule has 0 spiro atoms. The molecule has 10 nitrogen and oxygen atoms in total. The summed E-state index contributed by atoms with van der Waals surface area (Å²) in [6.07, 6.45) is 2.58. The van der Waals surface area contributed by atoms with Gasteiger partial charge in [0.2, 0.25) is 11.8 Å². The summed E-state index contributed by atoms with van der Waals surface area (Å²) >= 11 is 0. The van der Waals surface area contributed by atoms with Gasteiger partial charge in [0.25, 0.3) is 0 Å². The highest BCUT2D eigenvalue weighted by Crippen LogP contribution is 2.15. The van der Waals surface area contributed by atoms with Crippen molar-refractivity contribution in [2.45, 2.75) is 51.4 Å². The lowest BCUT2D eigenvalue weighted by atomic mass is 9.98. The third-order valence-electron chi connectivity index (χ3n) is 6.24. The van der Waals surface area contributed by atoms with Crippen LogP contribution in [0.5, 0.6) is 0 Å². The average Bonchev–Trinajstić information content (AvgIpc) is 2.99. The Labute approximate surface area is 247 Å². The number of hydrogen-bond acceptors (Lipinski definition) is 7. The van der Waals surface area contributed by atoms with Crippen molar-refractivity contribution in [2.24, 2.45) is 5.92 Å². The first-order valence-electron chi connectivity index (χ1n) is 13.9. The fourth-order valence-electron chi connectivity index (χ4n) is 4.04. The van der Waals surface area contributed by atoms with Crippen LogP contribution in [-0.2, 0) is 37.0 Å². The molecule has 0 heterocycles. The first-order valence-corrected chi connectivity index (χ1v) is 13.9. The van der Waals surface area contributed by atoms with E-state index in [0.717, 1.165) is 11.1 Å². The van der Waals surface area contributed by atoms with Gasteiger partial charge < -0.3 is 30.1 Å². The number of carbonyl (C=O) groups is 4. The van der Waals surface area contributed by atoms with Gasteiger partial charge in [0.1, 0.15) is 19.3 Å². The zero-order valence-electron chi connectivity index (χ0n) is 24.1. The average molecular weight is 580 g/mol. The molecule has 0 unspecified atom stereocenters. The Morgan fingerprint density at radius 3 is 2.12 bits per heavy atom. The molecule has 0 aliphatic rings. The summed E-state index contributed by atoms with van der Waals surface area (Å²) in [5.41, 5.74) is 1.71. The predicted molar refractivity (Wildman–Crippen MR) is 159 cm³/mol. The van der Waals surface area contributed by atoms with Crippen molar-refractivity contribution in [2.75, 3.05) is 19.8 Å². The van der Waals surface area contributed by atoms with Crippen molar-refractivity contribution in [3.63, 3.8) is 0 Å². The molecule has 0 radical (unpaired) electrons. The van der Waals surface area contributed by atoms with E-state index < -0.39 is 30.1 Å². The van der Waals surface area contributed by atoms with Gasteiger partial charge in [0.15, 0.2) is 0 Å². The van der Waals surface area contributed by atoms with Crippen LogP contribution in [-0.4, -0.2) is 65.7 Å². The highest BCUT2D eigenvalue weighted by atomic mass is 16.6. The number of nitrogens with zero attached hydrogens (tertiary/aromatic N) is 1. The SMILES string of the molecule is C=CC[C@H](CC(=O)N(CCO)Cc1ccccc1)C(=O)N[C@@H](C)COC(=O)[C@@H](CC=C)NC(=O)OCc1ccccc1. The third-order valence-corrected chi connectivity index (χ3v) is 6.24. The molecular weight excluding hydrogens is 538 g/mol. The number of hydrogen-bond donors (Lipinski definition) is 3. The Balaban J connectivity index is 1.88. The maximum atomic E-state index is 13.1. The first kappa shape index (κ1) is 33.8. The van der Waals surface area contributed by atoms with E-state index in [1.165, 1.54) is 11.0 Å². The Kier molecular flexibility index (Phi) is 15.1. The molecule has 0 saturated heterocycles. The second kappa shape index (κ2) is 18.8. The number of amides is 3. The van der Waals surface area contributed by atoms with Gasteiger partial charge in [-0.05, 0) is 30.9 Å². The van der Waals surface area contributed by atoms with Crippen LogP contribution < -0.4 is 10.6 Å². The van der Waals surface area contributed by atoms with Crippen molar-refractivity contribution in [1.29, 1.82) is 0 Å². The molecule has 2 aromatic carbocycles. The smallest absolute Gasteiger partial charge is 0.408 e. The molecule has 226 valence electrons. The summed E-state index contributed by atoms with van der Waals surface area (Å²) in [5, 5.41) is 14.7. The Morgan fingerprint density at radius 1 is 0.905 bits per heavy atom. The van der Waals surface area contributed by atoms with Crippen molar-refractivity contribution in [3.05, 3.63) is 97.1 Å². The number of alkyl carbamates (subject to hydrolysis) is 1. The monoisotopic (exact) mass is 579 g/mol. The zero-order chi connectivity index (χ0) is 30.7. The van der Waals surface area contributed by atoms with Crippen molar-refractivity contribution in [1.82, 2.24) is 15.5 Å². The topological polar surface area (TPSA) is 134 Å². The van der Waals surface area contributed by atoms with E-state index in [4.69, 9.17) is 9.47 Å². The normalized spacial score (nSPS) is 12.6. The van der Waals surface area contributed by atoms with Crippen LogP contribution in [0.2, 0.25) is 0 Å². The molecule has 0 aliphatic heterocycles. The Bertz CT molecular complexity index is 1160. The molecule has 2 rings (SSSR count). The number of rotatable bonds is 18. The number of aliphatic hydroxyl groups is 1. The fourth-order valence-corrected chi connectivity index (χ4v) is 4.04. The fraction of sp³-hybridized carbons (Fsp3) is 0.375. The lowest BCUT2D eigenvalue weighted by Crippen LogP contribution is -2.45. The van der Waals surface area contributed by atoms with Crippen LogP contribution in [0, 0.1) is 5.92 Å². The van der Waals surface area contributed by atoms with Crippen LogP contribution in [0.1, 0.15) is 37.3 Å². The number of aliphatic hydroxyl groups excluding tert-OH is 1. The molecule has 3 amide bonds. The summed E-state index contributed by atoms with van der Waals surface area (Å²) in [5.74, 6) is -2.06. The minimum atomic E-state index is -1.01. The van der Waals surface area contributed by atoms with Crippen molar-refractivity contribution in [3.8, 4) is 0 Å². The van der Waals surface area contributed by atoms with Gasteiger partial charge in [-0.3, -0.25) is 9.59 Å². The van der Waals surface area contributed by atoms with Gasteiger partial charge in [-0.15, -0.1) is 13.2 Å². The molecule has 0 aromatic heterocycles. The van der Waals surface area contributed by atoms with Gasteiger partial charge in [0.05, 0.1) is 18.6 Å². The molecule has 2 aromatic rings. The van der Waals surface area contributed by atoms with E-state index in [1.54, 1.807) is 13.0 Å². The largest absolute Gasteiger partial charge is 0.462 e. The van der Waals surface area contributed by atoms with E-state index >= 15 is 0 Å². The summed E-state index contributed by atoms with van der Waals surface area (Å²) < 4.78 is 10.5. The van der Waals surface area contributed by atoms with E-state index in [-0.39, 0.29) is 57.4 Å². The standard InChI is InChI=1S/C32H41N3O7/c1-4-12-27(20-29(37)35(18-19-36)21-25-14-8-6-9-15-25)30(38)33-24(3)22-41-31(39)28(13-5-2)34-32(40)42-23-26-16-10-7-11-17-26/h4-11,14-17,24,27-28,36H,1-2,12-13,18-23H2,3H3,(H,33,38)(H,34,40)/t24-,27+,28+/m0/s1.